The fourth-order valence-electron chi connectivity index (χ4n) is 4.59. The molecule has 176 valence electrons. The first-order valence-electron chi connectivity index (χ1n) is 12.3. The second-order valence-corrected chi connectivity index (χ2v) is 9.61. The predicted octanol–water partition coefficient (Wildman–Crippen LogP) is 4.50. The number of benzene rings is 1. The molecule has 34 heavy (non-hydrogen) atoms. The molecule has 0 unspecified atom stereocenters. The van der Waals surface area contributed by atoms with Crippen LogP contribution >= 0.6 is 0 Å². The summed E-state index contributed by atoms with van der Waals surface area (Å²) in [6.45, 7) is 8.98. The number of nitrogens with one attached hydrogen (secondary N) is 2. The van der Waals surface area contributed by atoms with E-state index in [9.17, 15) is 0 Å². The molecule has 1 saturated carbocycles. The summed E-state index contributed by atoms with van der Waals surface area (Å²) in [7, 11) is 0. The lowest BCUT2D eigenvalue weighted by molar-refractivity contribution is 0.299. The second-order valence-electron chi connectivity index (χ2n) is 9.61. The smallest absolute Gasteiger partial charge is 0.228 e. The molecule has 0 amide bonds. The summed E-state index contributed by atoms with van der Waals surface area (Å²) in [6.07, 6.45) is 8.44. The van der Waals surface area contributed by atoms with Crippen LogP contribution in [0.25, 0.3) is 21.8 Å². The number of pyridine rings is 1. The number of anilines is 3. The highest BCUT2D eigenvalue weighted by Gasteiger charge is 2.24. The van der Waals surface area contributed by atoms with Crippen LogP contribution in [0.4, 0.5) is 17.5 Å². The highest BCUT2D eigenvalue weighted by Crippen LogP contribution is 2.35. The van der Waals surface area contributed by atoms with Crippen molar-refractivity contribution in [2.75, 3.05) is 43.0 Å². The summed E-state index contributed by atoms with van der Waals surface area (Å²) in [6, 6.07) is 8.69. The van der Waals surface area contributed by atoms with Crippen LogP contribution in [0.15, 0.2) is 42.9 Å². The van der Waals surface area contributed by atoms with Crippen molar-refractivity contribution in [3.63, 3.8) is 0 Å². The molecular weight excluding hydrogens is 426 g/mol. The van der Waals surface area contributed by atoms with Crippen molar-refractivity contribution in [3.8, 4) is 5.75 Å². The standard InChI is InChI=1S/C26H31N7O/c1-17(2)33-10-7-19-5-6-20-14-29-26(31-24(20)25(19)33)30-23-13-22(34-16-18-3-4-18)21(15-28-23)32-11-8-27-9-12-32/h5-7,10,13-15,17-18,27H,3-4,8-9,11-12,16H2,1-2H3,(H,28,29,30,31). The molecule has 0 atom stereocenters. The molecule has 8 heteroatoms. The van der Waals surface area contributed by atoms with Gasteiger partial charge < -0.3 is 24.8 Å². The third-order valence-electron chi connectivity index (χ3n) is 6.70. The first kappa shape index (κ1) is 21.2. The Morgan fingerprint density at radius 1 is 1.09 bits per heavy atom. The molecule has 1 aliphatic heterocycles. The molecule has 0 radical (unpaired) electrons. The second kappa shape index (κ2) is 8.76. The maximum absolute atomic E-state index is 6.27. The number of ether oxygens (including phenoxy) is 1. The van der Waals surface area contributed by atoms with Gasteiger partial charge in [0.25, 0.3) is 0 Å². The molecule has 2 fully saturated rings. The van der Waals surface area contributed by atoms with Gasteiger partial charge in [0.05, 0.1) is 24.0 Å². The fraction of sp³-hybridized carbons (Fsp3) is 0.423. The zero-order valence-corrected chi connectivity index (χ0v) is 19.8. The molecule has 1 saturated heterocycles. The van der Waals surface area contributed by atoms with E-state index in [-0.39, 0.29) is 0 Å². The molecule has 4 heterocycles. The Labute approximate surface area is 199 Å². The van der Waals surface area contributed by atoms with Crippen LogP contribution in [0.5, 0.6) is 5.75 Å². The Bertz CT molecular complexity index is 1320. The van der Waals surface area contributed by atoms with E-state index < -0.39 is 0 Å². The molecule has 4 aromatic rings. The Balaban J connectivity index is 1.33. The Hall–Kier alpha value is -3.39. The number of rotatable bonds is 7. The molecule has 0 bridgehead atoms. The number of aromatic nitrogens is 4. The number of hydrogen-bond acceptors (Lipinski definition) is 7. The lowest BCUT2D eigenvalue weighted by atomic mass is 10.2. The van der Waals surface area contributed by atoms with Crippen molar-refractivity contribution in [1.29, 1.82) is 0 Å². The quantitative estimate of drug-likeness (QED) is 0.423. The van der Waals surface area contributed by atoms with Gasteiger partial charge in [-0.05, 0) is 38.7 Å². The predicted molar refractivity (Wildman–Crippen MR) is 136 cm³/mol. The maximum atomic E-state index is 6.27. The van der Waals surface area contributed by atoms with E-state index >= 15 is 0 Å². The van der Waals surface area contributed by atoms with Gasteiger partial charge in [-0.25, -0.2) is 15.0 Å². The summed E-state index contributed by atoms with van der Waals surface area (Å²) >= 11 is 0. The summed E-state index contributed by atoms with van der Waals surface area (Å²) < 4.78 is 8.53. The van der Waals surface area contributed by atoms with Crippen molar-refractivity contribution in [2.24, 2.45) is 5.92 Å². The van der Waals surface area contributed by atoms with Crippen molar-refractivity contribution in [2.45, 2.75) is 32.7 Å². The van der Waals surface area contributed by atoms with Gasteiger partial charge in [0.2, 0.25) is 5.95 Å². The van der Waals surface area contributed by atoms with E-state index in [0.29, 0.717) is 23.7 Å². The average Bonchev–Trinajstić information content (AvgIpc) is 3.58. The largest absolute Gasteiger partial charge is 0.491 e. The van der Waals surface area contributed by atoms with Crippen molar-refractivity contribution in [3.05, 3.63) is 42.9 Å². The van der Waals surface area contributed by atoms with Crippen molar-refractivity contribution >= 4 is 39.3 Å². The van der Waals surface area contributed by atoms with Crippen LogP contribution in [-0.2, 0) is 0 Å². The third kappa shape index (κ3) is 4.14. The Kier molecular flexibility index (Phi) is 5.45. The molecule has 1 aromatic carbocycles. The minimum atomic E-state index is 0.347. The molecule has 1 aliphatic carbocycles. The van der Waals surface area contributed by atoms with Gasteiger partial charge in [0.1, 0.15) is 17.1 Å². The lowest BCUT2D eigenvalue weighted by Gasteiger charge is -2.30. The topological polar surface area (TPSA) is 80.1 Å². The van der Waals surface area contributed by atoms with Gasteiger partial charge in [-0.2, -0.15) is 0 Å². The van der Waals surface area contributed by atoms with Crippen molar-refractivity contribution < 1.29 is 4.74 Å². The first-order chi connectivity index (χ1) is 16.7. The lowest BCUT2D eigenvalue weighted by Crippen LogP contribution is -2.43. The summed E-state index contributed by atoms with van der Waals surface area (Å²) in [5, 5.41) is 8.94. The van der Waals surface area contributed by atoms with E-state index in [2.05, 4.69) is 63.3 Å². The Morgan fingerprint density at radius 2 is 1.91 bits per heavy atom. The number of nitrogens with zero attached hydrogens (tertiary/aromatic N) is 5. The molecule has 2 N–H and O–H groups in total. The van der Waals surface area contributed by atoms with E-state index in [4.69, 9.17) is 14.7 Å². The van der Waals surface area contributed by atoms with Crippen LogP contribution in [0.3, 0.4) is 0 Å². The molecule has 2 aliphatic rings. The van der Waals surface area contributed by atoms with E-state index in [0.717, 1.165) is 60.6 Å². The molecule has 0 spiro atoms. The van der Waals surface area contributed by atoms with Gasteiger partial charge in [-0.1, -0.05) is 12.1 Å². The molecular formula is C26H31N7O. The highest BCUT2D eigenvalue weighted by molar-refractivity contribution is 6.03. The van der Waals surface area contributed by atoms with Gasteiger partial charge in [0, 0.05) is 61.5 Å². The van der Waals surface area contributed by atoms with Gasteiger partial charge in [0.15, 0.2) is 0 Å². The SMILES string of the molecule is CC(C)n1ccc2ccc3cnc(Nc4cc(OCC5CC5)c(N5CCNCC5)cn4)nc3c21. The maximum Gasteiger partial charge on any atom is 0.228 e. The molecule has 3 aromatic heterocycles. The van der Waals surface area contributed by atoms with Gasteiger partial charge >= 0.3 is 0 Å². The minimum absolute atomic E-state index is 0.347. The van der Waals surface area contributed by atoms with Crippen LogP contribution < -0.4 is 20.3 Å². The fourth-order valence-corrected chi connectivity index (χ4v) is 4.59. The first-order valence-corrected chi connectivity index (χ1v) is 12.3. The van der Waals surface area contributed by atoms with Crippen LogP contribution in [-0.4, -0.2) is 52.3 Å². The van der Waals surface area contributed by atoms with Crippen molar-refractivity contribution in [1.82, 2.24) is 24.8 Å². The third-order valence-corrected chi connectivity index (χ3v) is 6.70. The number of fused-ring (bicyclic) bond motifs is 3. The zero-order chi connectivity index (χ0) is 23.1. The number of piperazine rings is 1. The van der Waals surface area contributed by atoms with Crippen LogP contribution in [0, 0.1) is 5.92 Å². The van der Waals surface area contributed by atoms with Gasteiger partial charge in [-0.3, -0.25) is 0 Å². The monoisotopic (exact) mass is 457 g/mol. The van der Waals surface area contributed by atoms with Crippen LogP contribution in [0.1, 0.15) is 32.7 Å². The average molecular weight is 458 g/mol. The van der Waals surface area contributed by atoms with Crippen LogP contribution in [0.2, 0.25) is 0 Å². The Morgan fingerprint density at radius 3 is 2.71 bits per heavy atom. The van der Waals surface area contributed by atoms with E-state index in [1.807, 2.05) is 18.5 Å². The zero-order valence-electron chi connectivity index (χ0n) is 19.8. The van der Waals surface area contributed by atoms with Gasteiger partial charge in [-0.15, -0.1) is 0 Å². The summed E-state index contributed by atoms with van der Waals surface area (Å²) in [5.74, 6) is 2.79. The number of hydrogen-bond donors (Lipinski definition) is 2. The normalized spacial score (nSPS) is 16.5. The summed E-state index contributed by atoms with van der Waals surface area (Å²) in [5.41, 5.74) is 3.13. The van der Waals surface area contributed by atoms with E-state index in [1.54, 1.807) is 0 Å². The highest BCUT2D eigenvalue weighted by atomic mass is 16.5. The van der Waals surface area contributed by atoms with E-state index in [1.165, 1.54) is 18.2 Å². The molecule has 6 rings (SSSR count). The minimum Gasteiger partial charge on any atom is -0.491 e. The molecule has 8 nitrogen and oxygen atoms in total. The summed E-state index contributed by atoms with van der Waals surface area (Å²) in [4.78, 5) is 16.5.